The number of carbonyl (C=O) groups is 2. The number of nitrogens with one attached hydrogen (secondary N) is 2. The first-order chi connectivity index (χ1) is 17.8. The SMILES string of the molecule is CCOc1cc(C=NNC(=O)C(NC(=O)c2ccc(Cl)cc2)C(C)C)ccc1OCc1ccccc1Cl. The highest BCUT2D eigenvalue weighted by Crippen LogP contribution is 2.29. The highest BCUT2D eigenvalue weighted by atomic mass is 35.5. The molecule has 3 aromatic carbocycles. The van der Waals surface area contributed by atoms with Crippen LogP contribution in [0.25, 0.3) is 0 Å². The van der Waals surface area contributed by atoms with Crippen molar-refractivity contribution in [1.82, 2.24) is 10.7 Å². The molecule has 2 N–H and O–H groups in total. The molecule has 0 saturated carbocycles. The summed E-state index contributed by atoms with van der Waals surface area (Å²) in [5.74, 6) is 0.139. The Bertz CT molecular complexity index is 1250. The highest BCUT2D eigenvalue weighted by molar-refractivity contribution is 6.31. The van der Waals surface area contributed by atoms with Crippen molar-refractivity contribution in [3.63, 3.8) is 0 Å². The summed E-state index contributed by atoms with van der Waals surface area (Å²) in [6.45, 7) is 6.30. The summed E-state index contributed by atoms with van der Waals surface area (Å²) in [5.41, 5.74) is 4.47. The Kier molecular flexibility index (Phi) is 10.4. The van der Waals surface area contributed by atoms with Crippen molar-refractivity contribution in [2.45, 2.75) is 33.4 Å². The molecule has 0 aromatic heterocycles. The molecule has 0 aliphatic heterocycles. The van der Waals surface area contributed by atoms with Gasteiger partial charge in [-0.1, -0.05) is 55.2 Å². The average molecular weight is 542 g/mol. The minimum atomic E-state index is -0.778. The second-order valence-corrected chi connectivity index (χ2v) is 9.30. The fourth-order valence-corrected chi connectivity index (χ4v) is 3.68. The summed E-state index contributed by atoms with van der Waals surface area (Å²) in [5, 5.41) is 7.97. The lowest BCUT2D eigenvalue weighted by Gasteiger charge is -2.20. The fourth-order valence-electron chi connectivity index (χ4n) is 3.36. The van der Waals surface area contributed by atoms with Crippen LogP contribution in [-0.2, 0) is 11.4 Å². The molecule has 2 amide bonds. The van der Waals surface area contributed by atoms with Crippen LogP contribution >= 0.6 is 23.2 Å². The number of hydrogen-bond acceptors (Lipinski definition) is 5. The van der Waals surface area contributed by atoms with Gasteiger partial charge in [0.15, 0.2) is 11.5 Å². The molecule has 37 heavy (non-hydrogen) atoms. The van der Waals surface area contributed by atoms with Gasteiger partial charge in [-0.15, -0.1) is 0 Å². The van der Waals surface area contributed by atoms with E-state index < -0.39 is 11.9 Å². The lowest BCUT2D eigenvalue weighted by Crippen LogP contribution is -2.48. The molecule has 0 heterocycles. The number of hydrazone groups is 1. The van der Waals surface area contributed by atoms with Gasteiger partial charge in [0.1, 0.15) is 12.6 Å². The van der Waals surface area contributed by atoms with Crippen LogP contribution in [0.4, 0.5) is 0 Å². The van der Waals surface area contributed by atoms with Crippen LogP contribution in [0.1, 0.15) is 42.3 Å². The molecule has 0 fully saturated rings. The normalized spacial score (nSPS) is 11.8. The largest absolute Gasteiger partial charge is 0.490 e. The van der Waals surface area contributed by atoms with Crippen LogP contribution in [-0.4, -0.2) is 30.7 Å². The van der Waals surface area contributed by atoms with E-state index in [0.717, 1.165) is 5.56 Å². The Morgan fingerprint density at radius 3 is 2.38 bits per heavy atom. The smallest absolute Gasteiger partial charge is 0.262 e. The Morgan fingerprint density at radius 2 is 1.70 bits per heavy atom. The minimum Gasteiger partial charge on any atom is -0.490 e. The van der Waals surface area contributed by atoms with Crippen LogP contribution in [0.15, 0.2) is 71.8 Å². The lowest BCUT2D eigenvalue weighted by molar-refractivity contribution is -0.123. The number of halogens is 2. The topological polar surface area (TPSA) is 89.0 Å². The fraction of sp³-hybridized carbons (Fsp3) is 0.250. The minimum absolute atomic E-state index is 0.162. The van der Waals surface area contributed by atoms with E-state index in [-0.39, 0.29) is 11.8 Å². The average Bonchev–Trinajstić information content (AvgIpc) is 2.88. The van der Waals surface area contributed by atoms with Gasteiger partial charge in [-0.3, -0.25) is 9.59 Å². The van der Waals surface area contributed by atoms with Crippen LogP contribution in [0.2, 0.25) is 10.0 Å². The van der Waals surface area contributed by atoms with Gasteiger partial charge in [0.2, 0.25) is 0 Å². The van der Waals surface area contributed by atoms with Gasteiger partial charge in [-0.2, -0.15) is 5.10 Å². The van der Waals surface area contributed by atoms with Crippen LogP contribution in [0.5, 0.6) is 11.5 Å². The molecule has 0 spiro atoms. The summed E-state index contributed by atoms with van der Waals surface area (Å²) < 4.78 is 11.6. The van der Waals surface area contributed by atoms with Crippen LogP contribution < -0.4 is 20.2 Å². The molecule has 1 unspecified atom stereocenters. The Labute approximate surface area is 226 Å². The van der Waals surface area contributed by atoms with E-state index in [9.17, 15) is 9.59 Å². The van der Waals surface area contributed by atoms with E-state index in [1.54, 1.807) is 42.5 Å². The first kappa shape index (κ1) is 28.0. The van der Waals surface area contributed by atoms with Gasteiger partial charge in [-0.05, 0) is 66.9 Å². The maximum atomic E-state index is 12.8. The number of rotatable bonds is 11. The van der Waals surface area contributed by atoms with Crippen molar-refractivity contribution >= 4 is 41.2 Å². The van der Waals surface area contributed by atoms with Crippen molar-refractivity contribution in [3.05, 3.63) is 93.5 Å². The van der Waals surface area contributed by atoms with Gasteiger partial charge in [-0.25, -0.2) is 5.43 Å². The van der Waals surface area contributed by atoms with Crippen molar-refractivity contribution < 1.29 is 19.1 Å². The quantitative estimate of drug-likeness (QED) is 0.234. The summed E-state index contributed by atoms with van der Waals surface area (Å²) in [7, 11) is 0. The van der Waals surface area contributed by atoms with E-state index in [1.165, 1.54) is 6.21 Å². The maximum Gasteiger partial charge on any atom is 0.262 e. The van der Waals surface area contributed by atoms with E-state index in [4.69, 9.17) is 32.7 Å². The summed E-state index contributed by atoms with van der Waals surface area (Å²) in [4.78, 5) is 25.3. The summed E-state index contributed by atoms with van der Waals surface area (Å²) >= 11 is 12.1. The third kappa shape index (κ3) is 8.23. The Morgan fingerprint density at radius 1 is 0.973 bits per heavy atom. The first-order valence-electron chi connectivity index (χ1n) is 11.8. The zero-order chi connectivity index (χ0) is 26.8. The van der Waals surface area contributed by atoms with Crippen molar-refractivity contribution in [2.24, 2.45) is 11.0 Å². The van der Waals surface area contributed by atoms with Crippen LogP contribution in [0.3, 0.4) is 0 Å². The van der Waals surface area contributed by atoms with E-state index in [1.807, 2.05) is 45.0 Å². The van der Waals surface area contributed by atoms with Gasteiger partial charge in [0, 0.05) is 21.2 Å². The molecular formula is C28H29Cl2N3O4. The van der Waals surface area contributed by atoms with Gasteiger partial charge >= 0.3 is 0 Å². The molecule has 3 aromatic rings. The Balaban J connectivity index is 1.64. The zero-order valence-corrected chi connectivity index (χ0v) is 22.3. The number of benzene rings is 3. The van der Waals surface area contributed by atoms with E-state index in [0.29, 0.717) is 45.9 Å². The molecule has 3 rings (SSSR count). The second kappa shape index (κ2) is 13.7. The lowest BCUT2D eigenvalue weighted by atomic mass is 10.0. The molecule has 0 aliphatic rings. The standard InChI is InChI=1S/C28H29Cl2N3O4/c1-4-36-25-15-19(9-14-24(25)37-17-21-7-5-6-8-23(21)30)16-31-33-28(35)26(18(2)3)32-27(34)20-10-12-22(29)13-11-20/h5-16,18,26H,4,17H2,1-3H3,(H,32,34)(H,33,35). The summed E-state index contributed by atoms with van der Waals surface area (Å²) in [6, 6.07) is 18.5. The highest BCUT2D eigenvalue weighted by Gasteiger charge is 2.24. The van der Waals surface area contributed by atoms with Crippen molar-refractivity contribution in [1.29, 1.82) is 0 Å². The molecule has 7 nitrogen and oxygen atoms in total. The third-order valence-corrected chi connectivity index (χ3v) is 5.96. The summed E-state index contributed by atoms with van der Waals surface area (Å²) in [6.07, 6.45) is 1.50. The number of hydrogen-bond donors (Lipinski definition) is 2. The second-order valence-electron chi connectivity index (χ2n) is 8.46. The molecule has 0 radical (unpaired) electrons. The van der Waals surface area contributed by atoms with Crippen molar-refractivity contribution in [2.75, 3.05) is 6.61 Å². The number of carbonyl (C=O) groups excluding carboxylic acids is 2. The predicted molar refractivity (Wildman–Crippen MR) is 147 cm³/mol. The molecular weight excluding hydrogens is 513 g/mol. The zero-order valence-electron chi connectivity index (χ0n) is 20.8. The number of nitrogens with zero attached hydrogens (tertiary/aromatic N) is 1. The molecule has 9 heteroatoms. The van der Waals surface area contributed by atoms with E-state index >= 15 is 0 Å². The number of amides is 2. The Hall–Kier alpha value is -3.55. The monoisotopic (exact) mass is 541 g/mol. The maximum absolute atomic E-state index is 12.8. The van der Waals surface area contributed by atoms with Gasteiger partial charge in [0.25, 0.3) is 11.8 Å². The van der Waals surface area contributed by atoms with Crippen molar-refractivity contribution in [3.8, 4) is 11.5 Å². The first-order valence-corrected chi connectivity index (χ1v) is 12.6. The third-order valence-electron chi connectivity index (χ3n) is 5.34. The predicted octanol–water partition coefficient (Wildman–Crippen LogP) is 5.88. The van der Waals surface area contributed by atoms with Crippen LogP contribution in [0, 0.1) is 5.92 Å². The number of ether oxygens (including phenoxy) is 2. The molecule has 1 atom stereocenters. The van der Waals surface area contributed by atoms with Gasteiger partial charge in [0.05, 0.1) is 12.8 Å². The molecule has 0 saturated heterocycles. The molecule has 0 bridgehead atoms. The van der Waals surface area contributed by atoms with E-state index in [2.05, 4.69) is 15.8 Å². The molecule has 194 valence electrons. The van der Waals surface area contributed by atoms with Gasteiger partial charge < -0.3 is 14.8 Å². The molecule has 0 aliphatic carbocycles.